The molecular weight excluding hydrogens is 290 g/mol. The third-order valence-corrected chi connectivity index (χ3v) is 4.96. The quantitative estimate of drug-likeness (QED) is 0.931. The van der Waals surface area contributed by atoms with Gasteiger partial charge < -0.3 is 10.2 Å². The topological polar surface area (TPSA) is 62.3 Å². The van der Waals surface area contributed by atoms with Crippen molar-refractivity contribution >= 4 is 11.8 Å². The summed E-state index contributed by atoms with van der Waals surface area (Å²) < 4.78 is 0. The molecule has 1 aliphatic carbocycles. The third kappa shape index (κ3) is 4.09. The van der Waals surface area contributed by atoms with Gasteiger partial charge in [0.25, 0.3) is 5.91 Å². The van der Waals surface area contributed by atoms with Crippen LogP contribution in [-0.4, -0.2) is 40.8 Å². The maximum atomic E-state index is 12.5. The molecular formula is C18H25N3O2. The van der Waals surface area contributed by atoms with Gasteiger partial charge in [-0.05, 0) is 37.8 Å². The zero-order chi connectivity index (χ0) is 16.1. The minimum Gasteiger partial charge on any atom is -0.353 e. The average Bonchev–Trinajstić information content (AvgIpc) is 2.63. The van der Waals surface area contributed by atoms with Crippen molar-refractivity contribution in [2.24, 2.45) is 5.92 Å². The molecule has 2 fully saturated rings. The van der Waals surface area contributed by atoms with Gasteiger partial charge in [-0.3, -0.25) is 14.6 Å². The monoisotopic (exact) mass is 315 g/mol. The molecule has 23 heavy (non-hydrogen) atoms. The third-order valence-electron chi connectivity index (χ3n) is 4.96. The summed E-state index contributed by atoms with van der Waals surface area (Å²) in [7, 11) is 0. The van der Waals surface area contributed by atoms with Gasteiger partial charge in [-0.25, -0.2) is 0 Å². The fraction of sp³-hybridized carbons (Fsp3) is 0.611. The molecule has 0 unspecified atom stereocenters. The standard InChI is InChI=1S/C18H25N3O2/c22-17(20-16-6-2-1-3-7-16)15-5-4-12-21(13-15)18(23)14-8-10-19-11-9-14/h8-11,15-16H,1-7,12-13H2,(H,20,22)/t15-/m0/s1. The molecule has 2 amide bonds. The Morgan fingerprint density at radius 2 is 1.78 bits per heavy atom. The van der Waals surface area contributed by atoms with E-state index in [9.17, 15) is 9.59 Å². The van der Waals surface area contributed by atoms with Crippen LogP contribution in [0.25, 0.3) is 0 Å². The summed E-state index contributed by atoms with van der Waals surface area (Å²) >= 11 is 0. The van der Waals surface area contributed by atoms with Gasteiger partial charge in [-0.15, -0.1) is 0 Å². The van der Waals surface area contributed by atoms with E-state index in [0.717, 1.165) is 32.2 Å². The first-order valence-electron chi connectivity index (χ1n) is 8.74. The van der Waals surface area contributed by atoms with Crippen LogP contribution in [0.5, 0.6) is 0 Å². The van der Waals surface area contributed by atoms with Crippen LogP contribution in [0.4, 0.5) is 0 Å². The molecule has 0 aromatic carbocycles. The minimum absolute atomic E-state index is 0.00238. The molecule has 1 saturated heterocycles. The Balaban J connectivity index is 1.57. The van der Waals surface area contributed by atoms with Crippen molar-refractivity contribution in [2.45, 2.75) is 51.0 Å². The molecule has 124 valence electrons. The first kappa shape index (κ1) is 16.0. The van der Waals surface area contributed by atoms with Crippen LogP contribution < -0.4 is 5.32 Å². The molecule has 1 aromatic heterocycles. The van der Waals surface area contributed by atoms with Gasteiger partial charge in [-0.2, -0.15) is 0 Å². The summed E-state index contributed by atoms with van der Waals surface area (Å²) in [4.78, 5) is 30.8. The molecule has 1 aliphatic heterocycles. The van der Waals surface area contributed by atoms with E-state index in [1.54, 1.807) is 24.5 Å². The van der Waals surface area contributed by atoms with Gasteiger partial charge in [0.1, 0.15) is 0 Å². The maximum Gasteiger partial charge on any atom is 0.253 e. The van der Waals surface area contributed by atoms with Gasteiger partial charge in [0.05, 0.1) is 5.92 Å². The van der Waals surface area contributed by atoms with Crippen LogP contribution in [0.15, 0.2) is 24.5 Å². The Kier molecular flexibility index (Phi) is 5.26. The van der Waals surface area contributed by atoms with Gasteiger partial charge >= 0.3 is 0 Å². The lowest BCUT2D eigenvalue weighted by Crippen LogP contribution is -2.47. The molecule has 2 aliphatic rings. The van der Waals surface area contributed by atoms with E-state index in [4.69, 9.17) is 0 Å². The summed E-state index contributed by atoms with van der Waals surface area (Å²) in [6.45, 7) is 1.26. The lowest BCUT2D eigenvalue weighted by atomic mass is 9.93. The maximum absolute atomic E-state index is 12.5. The molecule has 1 atom stereocenters. The Morgan fingerprint density at radius 3 is 2.52 bits per heavy atom. The summed E-state index contributed by atoms with van der Waals surface area (Å²) in [6, 6.07) is 3.80. The molecule has 1 aromatic rings. The van der Waals surface area contributed by atoms with Gasteiger partial charge in [-0.1, -0.05) is 19.3 Å². The second kappa shape index (κ2) is 7.57. The average molecular weight is 315 g/mol. The van der Waals surface area contributed by atoms with Gasteiger partial charge in [0.2, 0.25) is 5.91 Å². The summed E-state index contributed by atoms with van der Waals surface area (Å²) in [5, 5.41) is 3.20. The number of likely N-dealkylation sites (tertiary alicyclic amines) is 1. The number of pyridine rings is 1. The highest BCUT2D eigenvalue weighted by Crippen LogP contribution is 2.21. The van der Waals surface area contributed by atoms with Crippen LogP contribution in [0, 0.1) is 5.92 Å². The predicted octanol–water partition coefficient (Wildman–Crippen LogP) is 2.38. The number of carbonyl (C=O) groups excluding carboxylic acids is 2. The van der Waals surface area contributed by atoms with Crippen molar-refractivity contribution in [2.75, 3.05) is 13.1 Å². The molecule has 3 rings (SSSR count). The van der Waals surface area contributed by atoms with E-state index in [1.165, 1.54) is 19.3 Å². The first-order valence-corrected chi connectivity index (χ1v) is 8.74. The van der Waals surface area contributed by atoms with Crippen LogP contribution >= 0.6 is 0 Å². The molecule has 5 nitrogen and oxygen atoms in total. The molecule has 2 heterocycles. The van der Waals surface area contributed by atoms with Crippen LogP contribution in [0.1, 0.15) is 55.3 Å². The Bertz CT molecular complexity index is 540. The molecule has 0 radical (unpaired) electrons. The highest BCUT2D eigenvalue weighted by molar-refractivity contribution is 5.94. The van der Waals surface area contributed by atoms with Gasteiger partial charge in [0.15, 0.2) is 0 Å². The minimum atomic E-state index is -0.0727. The molecule has 1 saturated carbocycles. The van der Waals surface area contributed by atoms with E-state index in [-0.39, 0.29) is 17.7 Å². The van der Waals surface area contributed by atoms with E-state index >= 15 is 0 Å². The van der Waals surface area contributed by atoms with Crippen LogP contribution in [0.3, 0.4) is 0 Å². The second-order valence-corrected chi connectivity index (χ2v) is 6.67. The fourth-order valence-corrected chi connectivity index (χ4v) is 3.62. The van der Waals surface area contributed by atoms with E-state index in [2.05, 4.69) is 10.3 Å². The number of nitrogens with one attached hydrogen (secondary N) is 1. The number of rotatable bonds is 3. The van der Waals surface area contributed by atoms with Crippen LogP contribution in [0.2, 0.25) is 0 Å². The Morgan fingerprint density at radius 1 is 1.04 bits per heavy atom. The van der Waals surface area contributed by atoms with Crippen molar-refractivity contribution in [3.8, 4) is 0 Å². The number of piperidine rings is 1. The summed E-state index contributed by atoms with van der Waals surface area (Å²) in [5.74, 6) is 0.0585. The van der Waals surface area contributed by atoms with E-state index < -0.39 is 0 Å². The lowest BCUT2D eigenvalue weighted by Gasteiger charge is -2.33. The first-order chi connectivity index (χ1) is 11.2. The SMILES string of the molecule is O=C(NC1CCCCC1)[C@H]1CCCN(C(=O)c2ccncc2)C1. The van der Waals surface area contributed by atoms with Crippen molar-refractivity contribution in [3.05, 3.63) is 30.1 Å². The molecule has 5 heteroatoms. The largest absolute Gasteiger partial charge is 0.353 e. The molecule has 0 spiro atoms. The van der Waals surface area contributed by atoms with E-state index in [0.29, 0.717) is 18.2 Å². The zero-order valence-corrected chi connectivity index (χ0v) is 13.5. The smallest absolute Gasteiger partial charge is 0.253 e. The van der Waals surface area contributed by atoms with Gasteiger partial charge in [0, 0.05) is 37.1 Å². The molecule has 0 bridgehead atoms. The van der Waals surface area contributed by atoms with Crippen molar-refractivity contribution in [1.29, 1.82) is 0 Å². The number of carbonyl (C=O) groups is 2. The zero-order valence-electron chi connectivity index (χ0n) is 13.5. The highest BCUT2D eigenvalue weighted by Gasteiger charge is 2.30. The number of nitrogens with zero attached hydrogens (tertiary/aromatic N) is 2. The van der Waals surface area contributed by atoms with Crippen molar-refractivity contribution in [1.82, 2.24) is 15.2 Å². The van der Waals surface area contributed by atoms with Crippen molar-refractivity contribution in [3.63, 3.8) is 0 Å². The predicted molar refractivity (Wildman–Crippen MR) is 87.9 cm³/mol. The van der Waals surface area contributed by atoms with Crippen molar-refractivity contribution < 1.29 is 9.59 Å². The normalized spacial score (nSPS) is 22.6. The fourth-order valence-electron chi connectivity index (χ4n) is 3.62. The second-order valence-electron chi connectivity index (χ2n) is 6.67. The number of aromatic nitrogens is 1. The highest BCUT2D eigenvalue weighted by atomic mass is 16.2. The molecule has 1 N–H and O–H groups in total. The van der Waals surface area contributed by atoms with E-state index in [1.807, 2.05) is 4.90 Å². The van der Waals surface area contributed by atoms with Crippen LogP contribution in [-0.2, 0) is 4.79 Å². The summed E-state index contributed by atoms with van der Waals surface area (Å²) in [6.07, 6.45) is 10.9. The lowest BCUT2D eigenvalue weighted by molar-refractivity contribution is -0.127. The Hall–Kier alpha value is -1.91. The summed E-state index contributed by atoms with van der Waals surface area (Å²) in [5.41, 5.74) is 0.647. The number of amides is 2. The Labute approximate surface area is 137 Å². The number of hydrogen-bond donors (Lipinski definition) is 1. The number of hydrogen-bond acceptors (Lipinski definition) is 3.